The van der Waals surface area contributed by atoms with E-state index < -0.39 is 16.9 Å². The van der Waals surface area contributed by atoms with Gasteiger partial charge in [0.2, 0.25) is 0 Å². The summed E-state index contributed by atoms with van der Waals surface area (Å²) in [4.78, 5) is 42.0. The summed E-state index contributed by atoms with van der Waals surface area (Å²) in [7, 11) is 0. The van der Waals surface area contributed by atoms with E-state index in [0.29, 0.717) is 4.68 Å². The van der Waals surface area contributed by atoms with Gasteiger partial charge in [-0.25, -0.2) is 9.59 Å². The predicted octanol–water partition coefficient (Wildman–Crippen LogP) is -0.952. The number of aromatic nitrogens is 4. The molecule has 0 unspecified atom stereocenters. The van der Waals surface area contributed by atoms with Crippen LogP contribution in [-0.4, -0.2) is 19.2 Å². The topological polar surface area (TPSA) is 97.0 Å². The van der Waals surface area contributed by atoms with Crippen LogP contribution < -0.4 is 16.9 Å². The number of nitrogens with zero attached hydrogens (tertiary/aromatic N) is 3. The Bertz CT molecular complexity index is 810. The van der Waals surface area contributed by atoms with E-state index in [2.05, 4.69) is 21.5 Å². The second-order valence-corrected chi connectivity index (χ2v) is 3.20. The Morgan fingerprint density at radius 3 is 2.65 bits per heavy atom. The summed E-state index contributed by atoms with van der Waals surface area (Å²) < 4.78 is 1.44. The Balaban J connectivity index is 3.12. The second-order valence-electron chi connectivity index (χ2n) is 3.20. The molecule has 0 amide bonds. The van der Waals surface area contributed by atoms with Crippen LogP contribution in [0.2, 0.25) is 0 Å². The molecule has 86 valence electrons. The number of hydrogen-bond donors (Lipinski definition) is 2. The van der Waals surface area contributed by atoms with Gasteiger partial charge in [0.05, 0.1) is 4.68 Å². The van der Waals surface area contributed by atoms with Crippen LogP contribution in [0.5, 0.6) is 0 Å². The number of fused-ring (bicyclic) bond motifs is 1. The molecule has 0 spiro atoms. The molecule has 0 aliphatic rings. The zero-order chi connectivity index (χ0) is 12.6. The molecule has 2 heterocycles. The van der Waals surface area contributed by atoms with Crippen LogP contribution in [-0.2, 0) is 6.54 Å². The molecular formula is C9H7N5O3. The van der Waals surface area contributed by atoms with Crippen LogP contribution in [0, 0.1) is 6.57 Å². The molecule has 0 fully saturated rings. The normalized spacial score (nSPS) is 10.3. The molecular weight excluding hydrogens is 226 g/mol. The van der Waals surface area contributed by atoms with Crippen molar-refractivity contribution in [3.05, 3.63) is 55.5 Å². The summed E-state index contributed by atoms with van der Waals surface area (Å²) in [5.74, 6) is 0. The third kappa shape index (κ3) is 1.41. The van der Waals surface area contributed by atoms with Crippen molar-refractivity contribution in [2.24, 2.45) is 0 Å². The molecule has 0 aliphatic carbocycles. The van der Waals surface area contributed by atoms with Gasteiger partial charge in [0.25, 0.3) is 0 Å². The zero-order valence-corrected chi connectivity index (χ0v) is 8.56. The highest BCUT2D eigenvalue weighted by atomic mass is 16.2. The van der Waals surface area contributed by atoms with Gasteiger partial charge in [-0.2, -0.15) is 6.57 Å². The third-order valence-electron chi connectivity index (χ3n) is 2.21. The largest absolute Gasteiger partial charge is 0.401 e. The van der Waals surface area contributed by atoms with Crippen LogP contribution in [0.3, 0.4) is 0 Å². The van der Waals surface area contributed by atoms with E-state index in [-0.39, 0.29) is 17.7 Å². The van der Waals surface area contributed by atoms with E-state index in [0.717, 1.165) is 4.57 Å². The molecule has 8 heteroatoms. The lowest BCUT2D eigenvalue weighted by Gasteiger charge is -2.01. The molecule has 0 saturated carbocycles. The van der Waals surface area contributed by atoms with Gasteiger partial charge in [0.1, 0.15) is 5.65 Å². The van der Waals surface area contributed by atoms with Gasteiger partial charge in [-0.05, 0) is 0 Å². The quantitative estimate of drug-likeness (QED) is 0.516. The Labute approximate surface area is 93.2 Å². The highest BCUT2D eigenvalue weighted by molar-refractivity contribution is 5.68. The highest BCUT2D eigenvalue weighted by Gasteiger charge is 2.17. The van der Waals surface area contributed by atoms with E-state index >= 15 is 0 Å². The van der Waals surface area contributed by atoms with Crippen molar-refractivity contribution in [1.82, 2.24) is 19.2 Å². The summed E-state index contributed by atoms with van der Waals surface area (Å²) in [6.07, 6.45) is 1.42. The molecule has 8 nitrogen and oxygen atoms in total. The standard InChI is InChI=1S/C9H7N5O3/c1-3-4-13-6-5(11-8(16)12-6)7(15)14(10-2)9(13)17/h3H,1,4H2,(H2,11,12,16). The van der Waals surface area contributed by atoms with Crippen molar-refractivity contribution in [3.63, 3.8) is 0 Å². The predicted molar refractivity (Wildman–Crippen MR) is 59.6 cm³/mol. The van der Waals surface area contributed by atoms with Crippen LogP contribution in [0.1, 0.15) is 0 Å². The molecule has 17 heavy (non-hydrogen) atoms. The van der Waals surface area contributed by atoms with Crippen molar-refractivity contribution in [1.29, 1.82) is 0 Å². The number of aromatic amines is 2. The van der Waals surface area contributed by atoms with E-state index in [9.17, 15) is 14.4 Å². The fourth-order valence-electron chi connectivity index (χ4n) is 1.52. The van der Waals surface area contributed by atoms with Crippen LogP contribution in [0.4, 0.5) is 0 Å². The maximum Gasteiger partial charge on any atom is 0.401 e. The zero-order valence-electron chi connectivity index (χ0n) is 8.56. The van der Waals surface area contributed by atoms with Crippen LogP contribution in [0.15, 0.2) is 27.0 Å². The van der Waals surface area contributed by atoms with Crippen molar-refractivity contribution in [2.45, 2.75) is 6.54 Å². The first-order chi connectivity index (χ1) is 8.10. The summed E-state index contributed by atoms with van der Waals surface area (Å²) >= 11 is 0. The molecule has 0 atom stereocenters. The maximum atomic E-state index is 11.8. The lowest BCUT2D eigenvalue weighted by Crippen LogP contribution is -2.36. The van der Waals surface area contributed by atoms with Crippen LogP contribution >= 0.6 is 0 Å². The fraction of sp³-hybridized carbons (Fsp3) is 0.111. The fourth-order valence-corrected chi connectivity index (χ4v) is 1.52. The summed E-state index contributed by atoms with van der Waals surface area (Å²) in [5.41, 5.74) is -2.32. The summed E-state index contributed by atoms with van der Waals surface area (Å²) in [6, 6.07) is 0. The van der Waals surface area contributed by atoms with E-state index in [4.69, 9.17) is 6.57 Å². The number of nitrogens with one attached hydrogen (secondary N) is 2. The molecule has 2 rings (SSSR count). The van der Waals surface area contributed by atoms with Crippen molar-refractivity contribution < 1.29 is 0 Å². The molecule has 0 bridgehead atoms. The van der Waals surface area contributed by atoms with Gasteiger partial charge >= 0.3 is 16.9 Å². The number of H-pyrrole nitrogens is 2. The molecule has 2 aromatic heterocycles. The minimum Gasteiger partial charge on any atom is -0.300 e. The molecule has 2 aromatic rings. The van der Waals surface area contributed by atoms with Gasteiger partial charge in [-0.1, -0.05) is 6.08 Å². The third-order valence-corrected chi connectivity index (χ3v) is 2.21. The number of rotatable bonds is 2. The average molecular weight is 233 g/mol. The molecule has 0 aromatic carbocycles. The Morgan fingerprint density at radius 1 is 1.35 bits per heavy atom. The Morgan fingerprint density at radius 2 is 2.06 bits per heavy atom. The van der Waals surface area contributed by atoms with Gasteiger partial charge < -0.3 is 0 Å². The van der Waals surface area contributed by atoms with E-state index in [1.807, 2.05) is 0 Å². The molecule has 0 radical (unpaired) electrons. The maximum absolute atomic E-state index is 11.8. The number of hydrogen-bond acceptors (Lipinski definition) is 3. The van der Waals surface area contributed by atoms with Gasteiger partial charge in [0, 0.05) is 6.54 Å². The van der Waals surface area contributed by atoms with Crippen molar-refractivity contribution >= 4 is 11.2 Å². The minimum absolute atomic E-state index is 0.0600. The molecule has 0 aliphatic heterocycles. The Hall–Kier alpha value is -2.82. The Kier molecular flexibility index (Phi) is 2.29. The number of allylic oxidation sites excluding steroid dienone is 1. The first-order valence-electron chi connectivity index (χ1n) is 4.56. The molecule has 0 saturated heterocycles. The van der Waals surface area contributed by atoms with Gasteiger partial charge in [-0.3, -0.25) is 19.3 Å². The van der Waals surface area contributed by atoms with E-state index in [1.54, 1.807) is 0 Å². The van der Waals surface area contributed by atoms with Gasteiger partial charge in [0.15, 0.2) is 5.52 Å². The SMILES string of the molecule is [C-]#[N+]n1c(=O)c2[nH]c(=O)[nH]c2n(CC=C)c1=O. The number of imidazole rings is 1. The van der Waals surface area contributed by atoms with E-state index in [1.165, 1.54) is 6.08 Å². The van der Waals surface area contributed by atoms with Crippen LogP contribution in [0.25, 0.3) is 16.1 Å². The first kappa shape index (κ1) is 10.7. The lowest BCUT2D eigenvalue weighted by molar-refractivity contribution is 0.718. The monoisotopic (exact) mass is 233 g/mol. The second kappa shape index (κ2) is 3.64. The smallest absolute Gasteiger partial charge is 0.300 e. The molecule has 2 N–H and O–H groups in total. The lowest BCUT2D eigenvalue weighted by atomic mass is 10.5. The first-order valence-corrected chi connectivity index (χ1v) is 4.56. The average Bonchev–Trinajstić information content (AvgIpc) is 2.67. The summed E-state index contributed by atoms with van der Waals surface area (Å²) in [6.45, 7) is 10.3. The van der Waals surface area contributed by atoms with Crippen molar-refractivity contribution in [3.8, 4) is 0 Å². The highest BCUT2D eigenvalue weighted by Crippen LogP contribution is 1.98. The van der Waals surface area contributed by atoms with Crippen molar-refractivity contribution in [2.75, 3.05) is 0 Å². The van der Waals surface area contributed by atoms with Gasteiger partial charge in [-0.15, -0.1) is 11.5 Å². The minimum atomic E-state index is -0.848. The summed E-state index contributed by atoms with van der Waals surface area (Å²) in [5, 5.41) is 0.